The van der Waals surface area contributed by atoms with Crippen molar-refractivity contribution in [2.24, 2.45) is 0 Å². The fourth-order valence-electron chi connectivity index (χ4n) is 3.15. The molecule has 1 aliphatic rings. The van der Waals surface area contributed by atoms with Gasteiger partial charge in [0.15, 0.2) is 0 Å². The van der Waals surface area contributed by atoms with Crippen molar-refractivity contribution in [2.45, 2.75) is 72.6 Å². The highest BCUT2D eigenvalue weighted by Gasteiger charge is 2.19. The van der Waals surface area contributed by atoms with Crippen LogP contribution in [0.2, 0.25) is 0 Å². The first-order chi connectivity index (χ1) is 12.5. The normalized spacial score (nSPS) is 12.4. The average Bonchev–Trinajstić information content (AvgIpc) is 3.06. The molecule has 0 amide bonds. The van der Waals surface area contributed by atoms with Gasteiger partial charge >= 0.3 is 0 Å². The first-order valence-corrected chi connectivity index (χ1v) is 9.80. The van der Waals surface area contributed by atoms with Crippen molar-refractivity contribution in [3.63, 3.8) is 0 Å². The van der Waals surface area contributed by atoms with Crippen LogP contribution in [0.15, 0.2) is 34.3 Å². The maximum absolute atomic E-state index is 12.4. The highest BCUT2D eigenvalue weighted by atomic mass is 16.1. The number of unbranched alkanes of at least 4 members (excludes halogenated alkanes) is 5. The summed E-state index contributed by atoms with van der Waals surface area (Å²) in [6, 6.07) is 3.81. The lowest BCUT2D eigenvalue weighted by molar-refractivity contribution is 0.624. The number of allylic oxidation sites excluding steroid dienone is 2. The summed E-state index contributed by atoms with van der Waals surface area (Å²) in [4.78, 5) is 17.0. The predicted octanol–water partition coefficient (Wildman–Crippen LogP) is 5.69. The molecule has 1 radical (unpaired) electrons. The van der Waals surface area contributed by atoms with E-state index in [0.29, 0.717) is 12.0 Å². The summed E-state index contributed by atoms with van der Waals surface area (Å²) in [5.41, 5.74) is 4.94. The lowest BCUT2D eigenvalue weighted by atomic mass is 10.1. The van der Waals surface area contributed by atoms with Gasteiger partial charge in [0.2, 0.25) is 0 Å². The molecule has 0 spiro atoms. The fraction of sp³-hybridized carbons (Fsp3) is 0.478. The Bertz CT molecular complexity index is 852. The van der Waals surface area contributed by atoms with E-state index in [1.54, 1.807) is 10.6 Å². The Labute approximate surface area is 157 Å². The molecule has 2 aromatic heterocycles. The number of hydrogen-bond acceptors (Lipinski definition) is 2. The van der Waals surface area contributed by atoms with Crippen LogP contribution in [0.25, 0.3) is 11.7 Å². The van der Waals surface area contributed by atoms with E-state index in [0.717, 1.165) is 28.1 Å². The van der Waals surface area contributed by atoms with Crippen molar-refractivity contribution in [1.29, 1.82) is 0 Å². The van der Waals surface area contributed by atoms with Crippen LogP contribution >= 0.6 is 0 Å². The molecule has 3 nitrogen and oxygen atoms in total. The van der Waals surface area contributed by atoms with Crippen molar-refractivity contribution in [2.75, 3.05) is 0 Å². The average molecular weight is 352 g/mol. The number of hydrogen-bond donors (Lipinski definition) is 0. The number of nitrogens with zero attached hydrogens (tertiary/aromatic N) is 2. The summed E-state index contributed by atoms with van der Waals surface area (Å²) in [6.45, 7) is 14.1. The molecular weight excluding hydrogens is 320 g/mol. The number of fused-ring (bicyclic) bond motifs is 2. The zero-order chi connectivity index (χ0) is 19.1. The van der Waals surface area contributed by atoms with E-state index in [-0.39, 0.29) is 5.56 Å². The summed E-state index contributed by atoms with van der Waals surface area (Å²) < 4.78 is 1.60. The summed E-state index contributed by atoms with van der Waals surface area (Å²) in [6.07, 6.45) is 12.7. The third-order valence-corrected chi connectivity index (χ3v) is 4.80. The molecule has 0 fully saturated rings. The number of aryl methyl sites for hydroxylation is 1. The highest BCUT2D eigenvalue weighted by molar-refractivity contribution is 5.67. The van der Waals surface area contributed by atoms with Gasteiger partial charge in [0.1, 0.15) is 5.65 Å². The Morgan fingerprint density at radius 3 is 2.42 bits per heavy atom. The first-order valence-electron chi connectivity index (χ1n) is 9.80. The van der Waals surface area contributed by atoms with Crippen molar-refractivity contribution < 1.29 is 0 Å². The van der Waals surface area contributed by atoms with Crippen LogP contribution in [0.3, 0.4) is 0 Å². The molecule has 139 valence electrons. The quantitative estimate of drug-likeness (QED) is 0.627. The molecule has 0 unspecified atom stereocenters. The Kier molecular flexibility index (Phi) is 7.38. The first kappa shape index (κ1) is 20.2. The third-order valence-electron chi connectivity index (χ3n) is 4.80. The molecule has 0 saturated carbocycles. The zero-order valence-corrected chi connectivity index (χ0v) is 16.6. The van der Waals surface area contributed by atoms with E-state index in [4.69, 9.17) is 6.58 Å². The van der Waals surface area contributed by atoms with Gasteiger partial charge in [-0.25, -0.2) is 4.98 Å². The Morgan fingerprint density at radius 1 is 1.19 bits per heavy atom. The molecule has 3 heteroatoms. The second-order valence-corrected chi connectivity index (χ2v) is 7.11. The van der Waals surface area contributed by atoms with Gasteiger partial charge in [-0.1, -0.05) is 65.0 Å². The molecule has 3 rings (SSSR count). The summed E-state index contributed by atoms with van der Waals surface area (Å²) in [5, 5.41) is 0. The summed E-state index contributed by atoms with van der Waals surface area (Å²) in [5.74, 6) is 0. The van der Waals surface area contributed by atoms with Crippen LogP contribution in [-0.4, -0.2) is 9.38 Å². The minimum atomic E-state index is -0.0186. The van der Waals surface area contributed by atoms with Gasteiger partial charge in [0.25, 0.3) is 5.56 Å². The van der Waals surface area contributed by atoms with Crippen molar-refractivity contribution in [1.82, 2.24) is 9.38 Å². The maximum atomic E-state index is 12.4. The second-order valence-electron chi connectivity index (χ2n) is 7.11. The van der Waals surface area contributed by atoms with E-state index in [1.807, 2.05) is 32.1 Å². The smallest absolute Gasteiger partial charge is 0.265 e. The molecule has 0 aliphatic heterocycles. The van der Waals surface area contributed by atoms with E-state index in [9.17, 15) is 4.79 Å². The number of rotatable bonds is 6. The lowest BCUT2D eigenvalue weighted by Gasteiger charge is -2.05. The van der Waals surface area contributed by atoms with Crippen LogP contribution in [0.1, 0.15) is 76.1 Å². The van der Waals surface area contributed by atoms with Gasteiger partial charge in [-0.3, -0.25) is 9.20 Å². The Balaban J connectivity index is 0.000000260. The van der Waals surface area contributed by atoms with Gasteiger partial charge in [0.05, 0.1) is 11.3 Å². The molecule has 1 aliphatic carbocycles. The SMILES string of the molecule is CCCCCCCC.[CH]=C(C)C1=Cc2c(nc3c(C)cccn3c2=O)C1. The third kappa shape index (κ3) is 4.72. The number of pyridine rings is 1. The van der Waals surface area contributed by atoms with Crippen LogP contribution < -0.4 is 5.56 Å². The van der Waals surface area contributed by atoms with Crippen LogP contribution in [-0.2, 0) is 6.42 Å². The Hall–Kier alpha value is -2.16. The van der Waals surface area contributed by atoms with Crippen LogP contribution in [0, 0.1) is 13.5 Å². The molecule has 0 bridgehead atoms. The maximum Gasteiger partial charge on any atom is 0.265 e. The van der Waals surface area contributed by atoms with Crippen LogP contribution in [0.4, 0.5) is 0 Å². The van der Waals surface area contributed by atoms with Crippen molar-refractivity contribution >= 4 is 11.7 Å². The Morgan fingerprint density at radius 2 is 1.85 bits per heavy atom. The topological polar surface area (TPSA) is 34.4 Å². The molecule has 2 heterocycles. The second kappa shape index (κ2) is 9.51. The van der Waals surface area contributed by atoms with E-state index >= 15 is 0 Å². The highest BCUT2D eigenvalue weighted by Crippen LogP contribution is 2.25. The van der Waals surface area contributed by atoms with Crippen molar-refractivity contribution in [3.8, 4) is 0 Å². The molecule has 26 heavy (non-hydrogen) atoms. The zero-order valence-electron chi connectivity index (χ0n) is 16.6. The van der Waals surface area contributed by atoms with Gasteiger partial charge in [-0.2, -0.15) is 0 Å². The van der Waals surface area contributed by atoms with Gasteiger partial charge in [-0.05, 0) is 42.7 Å². The van der Waals surface area contributed by atoms with E-state index in [1.165, 1.54) is 38.5 Å². The molecule has 0 saturated heterocycles. The molecule has 2 aromatic rings. The van der Waals surface area contributed by atoms with E-state index < -0.39 is 0 Å². The molecule has 0 atom stereocenters. The van der Waals surface area contributed by atoms with Crippen LogP contribution in [0.5, 0.6) is 0 Å². The van der Waals surface area contributed by atoms with E-state index in [2.05, 4.69) is 18.8 Å². The van der Waals surface area contributed by atoms with Crippen molar-refractivity contribution in [3.05, 3.63) is 63.2 Å². The number of aromatic nitrogens is 2. The van der Waals surface area contributed by atoms with Gasteiger partial charge < -0.3 is 0 Å². The molecular formula is C23H31N2O. The lowest BCUT2D eigenvalue weighted by Crippen LogP contribution is -2.19. The minimum absolute atomic E-state index is 0.0186. The largest absolute Gasteiger partial charge is 0.268 e. The summed E-state index contributed by atoms with van der Waals surface area (Å²) in [7, 11) is 0. The van der Waals surface area contributed by atoms with Gasteiger partial charge in [-0.15, -0.1) is 0 Å². The van der Waals surface area contributed by atoms with Gasteiger partial charge in [0, 0.05) is 12.6 Å². The monoisotopic (exact) mass is 351 g/mol. The standard InChI is InChI=1S/C15H13N2O.C8H18/c1-9(2)11-7-12-13(8-11)16-14-10(3)5-4-6-17(14)15(12)18;1-3-5-7-8-6-4-2/h1,4-7H,8H2,2-3H3;3-8H2,1-2H3. The predicted molar refractivity (Wildman–Crippen MR) is 110 cm³/mol. The molecule has 0 N–H and O–H groups in total. The minimum Gasteiger partial charge on any atom is -0.268 e. The fourth-order valence-corrected chi connectivity index (χ4v) is 3.15. The molecule has 0 aromatic carbocycles. The summed E-state index contributed by atoms with van der Waals surface area (Å²) >= 11 is 0.